The summed E-state index contributed by atoms with van der Waals surface area (Å²) in [7, 11) is 1.34. The number of esters is 1. The van der Waals surface area contributed by atoms with Gasteiger partial charge >= 0.3 is 5.97 Å². The van der Waals surface area contributed by atoms with E-state index in [1.54, 1.807) is 24.3 Å². The molecule has 0 atom stereocenters. The second-order valence-electron chi connectivity index (χ2n) is 7.54. The number of carbonyl (C=O) groups is 2. The molecule has 1 heterocycles. The largest absolute Gasteiger partial charge is 0.465 e. The summed E-state index contributed by atoms with van der Waals surface area (Å²) in [4.78, 5) is 25.8. The number of thiophene rings is 1. The summed E-state index contributed by atoms with van der Waals surface area (Å²) in [5, 5.41) is 9.96. The fourth-order valence-electron chi connectivity index (χ4n) is 3.37. The van der Waals surface area contributed by atoms with E-state index in [4.69, 9.17) is 17.0 Å². The SMILES string of the molecule is COC(=O)c1cc(-c2ccccc2)sc1NC(=S)Nc1cccc(C(=O)NCc2ccccc2)c1. The van der Waals surface area contributed by atoms with Crippen LogP contribution in [0.1, 0.15) is 26.3 Å². The summed E-state index contributed by atoms with van der Waals surface area (Å²) < 4.78 is 4.94. The maximum Gasteiger partial charge on any atom is 0.340 e. The van der Waals surface area contributed by atoms with Gasteiger partial charge in [0.15, 0.2) is 5.11 Å². The predicted octanol–water partition coefficient (Wildman–Crippen LogP) is 5.94. The van der Waals surface area contributed by atoms with Crippen LogP contribution in [-0.2, 0) is 11.3 Å². The van der Waals surface area contributed by atoms with Gasteiger partial charge in [0.1, 0.15) is 5.00 Å². The average Bonchev–Trinajstić information content (AvgIpc) is 3.31. The first kappa shape index (κ1) is 24.1. The van der Waals surface area contributed by atoms with E-state index in [0.29, 0.717) is 33.5 Å². The van der Waals surface area contributed by atoms with Gasteiger partial charge in [-0.05, 0) is 47.6 Å². The lowest BCUT2D eigenvalue weighted by Crippen LogP contribution is -2.23. The van der Waals surface area contributed by atoms with Gasteiger partial charge in [-0.1, -0.05) is 66.7 Å². The van der Waals surface area contributed by atoms with E-state index in [0.717, 1.165) is 16.0 Å². The van der Waals surface area contributed by atoms with Crippen molar-refractivity contribution in [1.29, 1.82) is 0 Å². The van der Waals surface area contributed by atoms with Crippen LogP contribution in [0, 0.1) is 0 Å². The summed E-state index contributed by atoms with van der Waals surface area (Å²) in [5.74, 6) is -0.638. The fourth-order valence-corrected chi connectivity index (χ4v) is 4.71. The number of rotatable bonds is 7. The van der Waals surface area contributed by atoms with E-state index < -0.39 is 5.97 Å². The molecule has 35 heavy (non-hydrogen) atoms. The Bertz CT molecular complexity index is 1340. The molecule has 1 amide bonds. The molecule has 0 bridgehead atoms. The average molecular weight is 502 g/mol. The number of thiocarbonyl (C=S) groups is 1. The van der Waals surface area contributed by atoms with Crippen LogP contribution in [0.3, 0.4) is 0 Å². The molecule has 0 saturated heterocycles. The van der Waals surface area contributed by atoms with Gasteiger partial charge in [-0.2, -0.15) is 0 Å². The molecule has 0 aliphatic carbocycles. The molecule has 4 rings (SSSR count). The number of methoxy groups -OCH3 is 1. The summed E-state index contributed by atoms with van der Waals surface area (Å²) in [6.45, 7) is 0.440. The van der Waals surface area contributed by atoms with Crippen molar-refractivity contribution >= 4 is 51.2 Å². The van der Waals surface area contributed by atoms with Gasteiger partial charge in [-0.3, -0.25) is 4.79 Å². The molecule has 1 aromatic heterocycles. The molecule has 8 heteroatoms. The van der Waals surface area contributed by atoms with Crippen LogP contribution in [0.5, 0.6) is 0 Å². The minimum absolute atomic E-state index is 0.185. The van der Waals surface area contributed by atoms with Crippen LogP contribution in [0.25, 0.3) is 10.4 Å². The zero-order valence-electron chi connectivity index (χ0n) is 18.9. The third-order valence-electron chi connectivity index (χ3n) is 5.10. The first-order chi connectivity index (χ1) is 17.0. The summed E-state index contributed by atoms with van der Waals surface area (Å²) >= 11 is 6.89. The number of anilines is 2. The Morgan fingerprint density at radius 3 is 2.31 bits per heavy atom. The Labute approximate surface area is 213 Å². The smallest absolute Gasteiger partial charge is 0.340 e. The van der Waals surface area contributed by atoms with E-state index in [9.17, 15) is 9.59 Å². The Morgan fingerprint density at radius 2 is 1.60 bits per heavy atom. The van der Waals surface area contributed by atoms with Crippen molar-refractivity contribution < 1.29 is 14.3 Å². The number of hydrogen-bond donors (Lipinski definition) is 3. The summed E-state index contributed by atoms with van der Waals surface area (Å²) in [6.07, 6.45) is 0. The molecule has 3 N–H and O–H groups in total. The van der Waals surface area contributed by atoms with Gasteiger partial charge in [-0.25, -0.2) is 4.79 Å². The van der Waals surface area contributed by atoms with E-state index in [1.807, 2.05) is 66.7 Å². The van der Waals surface area contributed by atoms with Crippen molar-refractivity contribution in [1.82, 2.24) is 5.32 Å². The van der Waals surface area contributed by atoms with Crippen LogP contribution >= 0.6 is 23.6 Å². The second kappa shape index (κ2) is 11.4. The van der Waals surface area contributed by atoms with Gasteiger partial charge in [-0.15, -0.1) is 11.3 Å². The van der Waals surface area contributed by atoms with Gasteiger partial charge < -0.3 is 20.7 Å². The van der Waals surface area contributed by atoms with Crippen LogP contribution in [0.4, 0.5) is 10.7 Å². The molecule has 6 nitrogen and oxygen atoms in total. The molecule has 0 aliphatic heterocycles. The van der Waals surface area contributed by atoms with Crippen LogP contribution in [0.2, 0.25) is 0 Å². The van der Waals surface area contributed by atoms with E-state index >= 15 is 0 Å². The Morgan fingerprint density at radius 1 is 0.886 bits per heavy atom. The third kappa shape index (κ3) is 6.32. The molecule has 0 aliphatic rings. The number of benzene rings is 3. The quantitative estimate of drug-likeness (QED) is 0.215. The first-order valence-corrected chi connectivity index (χ1v) is 12.0. The van der Waals surface area contributed by atoms with Gasteiger partial charge in [0.2, 0.25) is 0 Å². The van der Waals surface area contributed by atoms with Crippen molar-refractivity contribution in [3.63, 3.8) is 0 Å². The number of ether oxygens (including phenoxy) is 1. The standard InChI is InChI=1S/C27H23N3O3S2/c1-33-26(32)22-16-23(19-11-6-3-7-12-19)35-25(22)30-27(34)29-21-14-8-13-20(15-21)24(31)28-17-18-9-4-2-5-10-18/h2-16H,17H2,1H3,(H,28,31)(H2,29,30,34). The Kier molecular flexibility index (Phi) is 7.87. The van der Waals surface area contributed by atoms with E-state index in [1.165, 1.54) is 18.4 Å². The maximum atomic E-state index is 12.6. The Hall–Kier alpha value is -4.01. The lowest BCUT2D eigenvalue weighted by atomic mass is 10.1. The zero-order chi connectivity index (χ0) is 24.6. The lowest BCUT2D eigenvalue weighted by Gasteiger charge is -2.12. The highest BCUT2D eigenvalue weighted by Crippen LogP contribution is 2.36. The molecule has 0 radical (unpaired) electrons. The van der Waals surface area contributed by atoms with Crippen molar-refractivity contribution in [2.45, 2.75) is 6.54 Å². The monoisotopic (exact) mass is 501 g/mol. The second-order valence-corrected chi connectivity index (χ2v) is 9.00. The topological polar surface area (TPSA) is 79.5 Å². The number of hydrogen-bond acceptors (Lipinski definition) is 5. The van der Waals surface area contributed by atoms with Crippen molar-refractivity contribution in [2.24, 2.45) is 0 Å². The van der Waals surface area contributed by atoms with Gasteiger partial charge in [0.25, 0.3) is 5.91 Å². The van der Waals surface area contributed by atoms with Crippen molar-refractivity contribution in [2.75, 3.05) is 17.7 Å². The molecule has 0 spiro atoms. The molecule has 4 aromatic rings. The Balaban J connectivity index is 1.44. The molecular weight excluding hydrogens is 478 g/mol. The zero-order valence-corrected chi connectivity index (χ0v) is 20.5. The maximum absolute atomic E-state index is 12.6. The predicted molar refractivity (Wildman–Crippen MR) is 145 cm³/mol. The fraction of sp³-hybridized carbons (Fsp3) is 0.0741. The minimum atomic E-state index is -0.453. The molecule has 0 unspecified atom stereocenters. The van der Waals surface area contributed by atoms with E-state index in [-0.39, 0.29) is 5.91 Å². The van der Waals surface area contributed by atoms with Gasteiger partial charge in [0.05, 0.1) is 12.7 Å². The molecule has 176 valence electrons. The highest BCUT2D eigenvalue weighted by molar-refractivity contribution is 7.80. The first-order valence-electron chi connectivity index (χ1n) is 10.8. The summed E-state index contributed by atoms with van der Waals surface area (Å²) in [5.41, 5.74) is 3.56. The molecule has 3 aromatic carbocycles. The number of carbonyl (C=O) groups excluding carboxylic acids is 2. The minimum Gasteiger partial charge on any atom is -0.465 e. The highest BCUT2D eigenvalue weighted by atomic mass is 32.1. The van der Waals surface area contributed by atoms with Crippen LogP contribution in [0.15, 0.2) is 91.0 Å². The lowest BCUT2D eigenvalue weighted by molar-refractivity contribution is 0.0602. The molecular formula is C27H23N3O3S2. The van der Waals surface area contributed by atoms with Gasteiger partial charge in [0, 0.05) is 22.7 Å². The number of amides is 1. The van der Waals surface area contributed by atoms with E-state index in [2.05, 4.69) is 16.0 Å². The molecule has 0 saturated carbocycles. The van der Waals surface area contributed by atoms with Crippen LogP contribution in [-0.4, -0.2) is 24.1 Å². The summed E-state index contributed by atoms with van der Waals surface area (Å²) in [6, 6.07) is 28.3. The normalized spacial score (nSPS) is 10.3. The van der Waals surface area contributed by atoms with Crippen molar-refractivity contribution in [3.05, 3.63) is 108 Å². The molecule has 0 fully saturated rings. The van der Waals surface area contributed by atoms with Crippen LogP contribution < -0.4 is 16.0 Å². The van der Waals surface area contributed by atoms with Crippen molar-refractivity contribution in [3.8, 4) is 10.4 Å². The highest BCUT2D eigenvalue weighted by Gasteiger charge is 2.18. The third-order valence-corrected chi connectivity index (χ3v) is 6.40. The number of nitrogens with one attached hydrogen (secondary N) is 3.